The fourth-order valence-electron chi connectivity index (χ4n) is 3.38. The number of rotatable bonds is 6. The van der Waals surface area contributed by atoms with E-state index >= 15 is 0 Å². The van der Waals surface area contributed by atoms with E-state index in [1.54, 1.807) is 36.4 Å². The molecule has 0 bridgehead atoms. The lowest BCUT2D eigenvalue weighted by molar-refractivity contribution is -0.154. The molecule has 34 heavy (non-hydrogen) atoms. The molecule has 11 heteroatoms. The number of nitrogens with one attached hydrogen (secondary N) is 1. The van der Waals surface area contributed by atoms with E-state index in [1.165, 1.54) is 24.3 Å². The molecule has 3 aromatic rings. The fraction of sp³-hybridized carbons (Fsp3) is 0.130. The van der Waals surface area contributed by atoms with Crippen molar-refractivity contribution in [3.63, 3.8) is 0 Å². The molecule has 0 aliphatic carbocycles. The van der Waals surface area contributed by atoms with Crippen LogP contribution in [0.4, 0.5) is 0 Å². The van der Waals surface area contributed by atoms with Gasteiger partial charge in [0.15, 0.2) is 6.04 Å². The summed E-state index contributed by atoms with van der Waals surface area (Å²) in [5, 5.41) is 23.9. The molecule has 0 saturated carbocycles. The normalized spacial score (nSPS) is 16.7. The smallest absolute Gasteiger partial charge is 0.343 e. The summed E-state index contributed by atoms with van der Waals surface area (Å²) in [6.45, 7) is 0. The molecular formula is C23H18N2O9. The predicted molar refractivity (Wildman–Crippen MR) is 114 cm³/mol. The number of β-lactam (4-membered cyclic amide) rings is 1. The number of esters is 3. The van der Waals surface area contributed by atoms with E-state index in [0.29, 0.717) is 4.57 Å². The van der Waals surface area contributed by atoms with E-state index in [2.05, 4.69) is 10.1 Å². The van der Waals surface area contributed by atoms with Gasteiger partial charge in [-0.1, -0.05) is 36.4 Å². The Morgan fingerprint density at radius 2 is 1.26 bits per heavy atom. The van der Waals surface area contributed by atoms with Gasteiger partial charge in [0, 0.05) is 0 Å². The molecule has 1 amide bonds. The number of hydrogen-bond acceptors (Lipinski definition) is 9. The van der Waals surface area contributed by atoms with Crippen molar-refractivity contribution in [2.24, 2.45) is 0 Å². The van der Waals surface area contributed by atoms with Crippen molar-refractivity contribution in [1.29, 1.82) is 0 Å². The molecule has 174 valence electrons. The summed E-state index contributed by atoms with van der Waals surface area (Å²) in [6, 6.07) is 12.7. The molecule has 1 aliphatic rings. The van der Waals surface area contributed by atoms with Crippen LogP contribution in [0.5, 0.6) is 23.3 Å². The molecule has 1 saturated heterocycles. The first-order chi connectivity index (χ1) is 16.3. The highest BCUT2D eigenvalue weighted by Crippen LogP contribution is 2.51. The Bertz CT molecular complexity index is 1190. The molecule has 1 aliphatic heterocycles. The van der Waals surface area contributed by atoms with Gasteiger partial charge in [-0.25, -0.2) is 14.4 Å². The molecule has 4 rings (SSSR count). The maximum absolute atomic E-state index is 12.6. The van der Waals surface area contributed by atoms with Gasteiger partial charge < -0.3 is 29.7 Å². The lowest BCUT2D eigenvalue weighted by atomic mass is 9.99. The van der Waals surface area contributed by atoms with Gasteiger partial charge in [-0.3, -0.25) is 9.36 Å². The number of hydrogen-bond donors (Lipinski definition) is 3. The maximum Gasteiger partial charge on any atom is 0.343 e. The van der Waals surface area contributed by atoms with E-state index in [4.69, 9.17) is 9.47 Å². The zero-order valence-corrected chi connectivity index (χ0v) is 17.6. The molecule has 2 atom stereocenters. The average Bonchev–Trinajstić information content (AvgIpc) is 3.07. The van der Waals surface area contributed by atoms with Crippen molar-refractivity contribution >= 4 is 23.8 Å². The number of aromatic nitrogens is 1. The van der Waals surface area contributed by atoms with Crippen LogP contribution in [0.1, 0.15) is 26.8 Å². The topological polar surface area (TPSA) is 153 Å². The Labute approximate surface area is 192 Å². The Morgan fingerprint density at radius 1 is 0.824 bits per heavy atom. The highest BCUT2D eigenvalue weighted by molar-refractivity contribution is 5.99. The Morgan fingerprint density at radius 3 is 1.65 bits per heavy atom. The second-order valence-corrected chi connectivity index (χ2v) is 7.14. The Kier molecular flexibility index (Phi) is 5.92. The molecule has 2 unspecified atom stereocenters. The molecule has 3 N–H and O–H groups in total. The van der Waals surface area contributed by atoms with Crippen molar-refractivity contribution in [3.05, 3.63) is 71.8 Å². The largest absolute Gasteiger partial charge is 0.492 e. The van der Waals surface area contributed by atoms with Gasteiger partial charge in [-0.15, -0.1) is 0 Å². The zero-order valence-electron chi connectivity index (χ0n) is 17.6. The minimum Gasteiger partial charge on any atom is -0.492 e. The Balaban J connectivity index is 1.77. The number of nitrogens with zero attached hydrogens (tertiary/aromatic N) is 1. The van der Waals surface area contributed by atoms with Crippen molar-refractivity contribution in [2.75, 3.05) is 7.11 Å². The van der Waals surface area contributed by atoms with Crippen LogP contribution in [-0.4, -0.2) is 51.7 Å². The first-order valence-corrected chi connectivity index (χ1v) is 9.92. The molecule has 2 heterocycles. The number of aromatic hydroxyl groups is 2. The molecular weight excluding hydrogens is 448 g/mol. The molecule has 2 aromatic carbocycles. The number of amides is 1. The minimum absolute atomic E-state index is 0.100. The minimum atomic E-state index is -1.45. The van der Waals surface area contributed by atoms with E-state index in [-0.39, 0.29) is 11.1 Å². The summed E-state index contributed by atoms with van der Waals surface area (Å²) < 4.78 is 15.7. The van der Waals surface area contributed by atoms with E-state index in [1.807, 2.05) is 0 Å². The highest BCUT2D eigenvalue weighted by atomic mass is 16.6. The monoisotopic (exact) mass is 466 g/mol. The molecule has 0 radical (unpaired) electrons. The summed E-state index contributed by atoms with van der Waals surface area (Å²) in [5.41, 5.74) is 0.201. The van der Waals surface area contributed by atoms with Crippen LogP contribution in [0.25, 0.3) is 0 Å². The summed E-state index contributed by atoms with van der Waals surface area (Å²) in [7, 11) is 1.10. The van der Waals surface area contributed by atoms with Crippen LogP contribution < -0.4 is 14.8 Å². The summed E-state index contributed by atoms with van der Waals surface area (Å²) in [5.74, 6) is -6.70. The van der Waals surface area contributed by atoms with E-state index < -0.39 is 59.2 Å². The SMILES string of the molecule is COC(=O)C1NC(=O)C1n1c(O)c(OC(=O)c2ccccc2)c(OC(=O)c2ccccc2)c1O. The lowest BCUT2D eigenvalue weighted by Gasteiger charge is -2.35. The van der Waals surface area contributed by atoms with Crippen molar-refractivity contribution in [2.45, 2.75) is 12.1 Å². The number of carbonyl (C=O) groups excluding carboxylic acids is 4. The second-order valence-electron chi connectivity index (χ2n) is 7.14. The quantitative estimate of drug-likeness (QED) is 0.363. The predicted octanol–water partition coefficient (Wildman–Crippen LogP) is 1.55. The van der Waals surface area contributed by atoms with Gasteiger partial charge in [0.2, 0.25) is 29.2 Å². The van der Waals surface area contributed by atoms with E-state index in [0.717, 1.165) is 7.11 Å². The summed E-state index contributed by atoms with van der Waals surface area (Å²) in [4.78, 5) is 49.4. The third kappa shape index (κ3) is 3.90. The first kappa shape index (κ1) is 22.4. The maximum atomic E-state index is 12.6. The first-order valence-electron chi connectivity index (χ1n) is 9.92. The van der Waals surface area contributed by atoms with Crippen molar-refractivity contribution < 1.29 is 43.6 Å². The molecule has 1 fully saturated rings. The summed E-state index contributed by atoms with van der Waals surface area (Å²) >= 11 is 0. The fourth-order valence-corrected chi connectivity index (χ4v) is 3.38. The highest BCUT2D eigenvalue weighted by Gasteiger charge is 2.50. The number of benzene rings is 2. The van der Waals surface area contributed by atoms with Gasteiger partial charge in [0.25, 0.3) is 0 Å². The third-order valence-corrected chi connectivity index (χ3v) is 5.09. The number of carbonyl (C=O) groups is 4. The van der Waals surface area contributed by atoms with Gasteiger partial charge in [-0.2, -0.15) is 0 Å². The van der Waals surface area contributed by atoms with Gasteiger partial charge in [0.1, 0.15) is 6.04 Å². The van der Waals surface area contributed by atoms with Crippen LogP contribution in [0, 0.1) is 0 Å². The second kappa shape index (κ2) is 8.98. The number of ether oxygens (including phenoxy) is 3. The standard InChI is InChI=1S/C23H18N2O9/c1-32-23(31)14-15(18(26)24-14)25-19(27)16(33-21(29)12-8-4-2-5-9-12)17(20(25)28)34-22(30)13-10-6-3-7-11-13/h2-11,14-15,27-28H,1H3,(H,24,26). The van der Waals surface area contributed by atoms with Crippen LogP contribution in [0.15, 0.2) is 60.7 Å². The van der Waals surface area contributed by atoms with Crippen molar-refractivity contribution in [3.8, 4) is 23.3 Å². The molecule has 1 aromatic heterocycles. The number of methoxy groups -OCH3 is 1. The zero-order chi connectivity index (χ0) is 24.4. The van der Waals surface area contributed by atoms with Crippen molar-refractivity contribution in [1.82, 2.24) is 9.88 Å². The third-order valence-electron chi connectivity index (χ3n) is 5.09. The molecule has 11 nitrogen and oxygen atoms in total. The van der Waals surface area contributed by atoms with Gasteiger partial charge >= 0.3 is 17.9 Å². The molecule has 0 spiro atoms. The van der Waals surface area contributed by atoms with Gasteiger partial charge in [-0.05, 0) is 24.3 Å². The van der Waals surface area contributed by atoms with Crippen LogP contribution >= 0.6 is 0 Å². The average molecular weight is 466 g/mol. The summed E-state index contributed by atoms with van der Waals surface area (Å²) in [6.07, 6.45) is 0. The van der Waals surface area contributed by atoms with E-state index in [9.17, 15) is 29.4 Å². The van der Waals surface area contributed by atoms with Crippen LogP contribution in [-0.2, 0) is 14.3 Å². The lowest BCUT2D eigenvalue weighted by Crippen LogP contribution is -2.62. The Hall–Kier alpha value is -4.80. The van der Waals surface area contributed by atoms with Crippen LogP contribution in [0.3, 0.4) is 0 Å². The van der Waals surface area contributed by atoms with Crippen LogP contribution in [0.2, 0.25) is 0 Å². The van der Waals surface area contributed by atoms with Gasteiger partial charge in [0.05, 0.1) is 18.2 Å².